The quantitative estimate of drug-likeness (QED) is 0.767. The van der Waals surface area contributed by atoms with Gasteiger partial charge in [-0.15, -0.1) is 11.3 Å². The Kier molecular flexibility index (Phi) is 6.36. The summed E-state index contributed by atoms with van der Waals surface area (Å²) in [6.45, 7) is 3.89. The van der Waals surface area contributed by atoms with Crippen LogP contribution in [0.3, 0.4) is 0 Å². The highest BCUT2D eigenvalue weighted by Gasteiger charge is 2.08. The van der Waals surface area contributed by atoms with Gasteiger partial charge >= 0.3 is 0 Å². The van der Waals surface area contributed by atoms with Crippen LogP contribution in [-0.2, 0) is 4.79 Å². The van der Waals surface area contributed by atoms with Crippen LogP contribution in [0, 0.1) is 5.92 Å². The molecule has 1 aromatic heterocycles. The SMILES string of the molecule is CC(C)CC(=O)NNC(=O)c1cccs1.O. The molecule has 16 heavy (non-hydrogen) atoms. The third kappa shape index (κ3) is 4.90. The van der Waals surface area contributed by atoms with E-state index in [9.17, 15) is 9.59 Å². The molecule has 0 radical (unpaired) electrons. The van der Waals surface area contributed by atoms with E-state index in [2.05, 4.69) is 10.9 Å². The van der Waals surface area contributed by atoms with Crippen molar-refractivity contribution in [1.82, 2.24) is 10.9 Å². The maximum absolute atomic E-state index is 11.4. The van der Waals surface area contributed by atoms with Crippen molar-refractivity contribution < 1.29 is 15.1 Å². The lowest BCUT2D eigenvalue weighted by Crippen LogP contribution is -2.41. The average Bonchev–Trinajstić information content (AvgIpc) is 2.65. The molecule has 0 unspecified atom stereocenters. The van der Waals surface area contributed by atoms with E-state index >= 15 is 0 Å². The molecule has 0 saturated carbocycles. The lowest BCUT2D eigenvalue weighted by Gasteiger charge is -2.07. The van der Waals surface area contributed by atoms with Crippen LogP contribution in [0.4, 0.5) is 0 Å². The van der Waals surface area contributed by atoms with Crippen molar-refractivity contribution in [3.05, 3.63) is 22.4 Å². The van der Waals surface area contributed by atoms with Gasteiger partial charge in [0.2, 0.25) is 5.91 Å². The highest BCUT2D eigenvalue weighted by molar-refractivity contribution is 7.12. The number of amides is 2. The zero-order chi connectivity index (χ0) is 11.3. The van der Waals surface area contributed by atoms with Crippen molar-refractivity contribution in [1.29, 1.82) is 0 Å². The summed E-state index contributed by atoms with van der Waals surface area (Å²) in [5, 5.41) is 1.81. The van der Waals surface area contributed by atoms with Gasteiger partial charge in [-0.25, -0.2) is 0 Å². The monoisotopic (exact) mass is 244 g/mol. The predicted octanol–water partition coefficient (Wildman–Crippen LogP) is 0.730. The molecule has 1 aromatic rings. The van der Waals surface area contributed by atoms with Crippen molar-refractivity contribution in [3.63, 3.8) is 0 Å². The normalized spacial score (nSPS) is 9.44. The molecule has 4 N–H and O–H groups in total. The van der Waals surface area contributed by atoms with Gasteiger partial charge in [0.25, 0.3) is 5.91 Å². The smallest absolute Gasteiger partial charge is 0.279 e. The van der Waals surface area contributed by atoms with E-state index in [0.717, 1.165) is 0 Å². The Morgan fingerprint density at radius 1 is 1.38 bits per heavy atom. The number of nitrogens with one attached hydrogen (secondary N) is 2. The van der Waals surface area contributed by atoms with Crippen molar-refractivity contribution in [2.45, 2.75) is 20.3 Å². The first-order valence-corrected chi connectivity index (χ1v) is 5.60. The minimum atomic E-state index is -0.276. The maximum atomic E-state index is 11.4. The zero-order valence-electron chi connectivity index (χ0n) is 9.24. The van der Waals surface area contributed by atoms with Crippen molar-refractivity contribution in [2.75, 3.05) is 0 Å². The molecule has 0 saturated heterocycles. The standard InChI is InChI=1S/C10H14N2O2S.H2O/c1-7(2)6-9(13)11-12-10(14)8-4-3-5-15-8;/h3-5,7H,6H2,1-2H3,(H,11,13)(H,12,14);1H2. The molecule has 0 aliphatic heterocycles. The summed E-state index contributed by atoms with van der Waals surface area (Å²) in [6.07, 6.45) is 0.407. The van der Waals surface area contributed by atoms with Gasteiger partial charge in [-0.05, 0) is 17.4 Å². The van der Waals surface area contributed by atoms with Gasteiger partial charge in [-0.2, -0.15) is 0 Å². The molecule has 5 nitrogen and oxygen atoms in total. The van der Waals surface area contributed by atoms with E-state index in [1.54, 1.807) is 12.1 Å². The second-order valence-electron chi connectivity index (χ2n) is 3.58. The number of carbonyl (C=O) groups excluding carboxylic acids is 2. The van der Waals surface area contributed by atoms with Gasteiger partial charge in [0.1, 0.15) is 0 Å². The minimum Gasteiger partial charge on any atom is -0.412 e. The first kappa shape index (κ1) is 14.6. The van der Waals surface area contributed by atoms with Crippen molar-refractivity contribution >= 4 is 23.2 Å². The van der Waals surface area contributed by atoms with E-state index in [4.69, 9.17) is 0 Å². The number of hydrogen-bond donors (Lipinski definition) is 2. The summed E-state index contributed by atoms with van der Waals surface area (Å²) in [6, 6.07) is 3.49. The van der Waals surface area contributed by atoms with E-state index in [0.29, 0.717) is 11.3 Å². The molecule has 0 atom stereocenters. The van der Waals surface area contributed by atoms with Crippen LogP contribution in [-0.4, -0.2) is 17.3 Å². The first-order chi connectivity index (χ1) is 7.09. The summed E-state index contributed by atoms with van der Waals surface area (Å²) in [7, 11) is 0. The molecular weight excluding hydrogens is 228 g/mol. The first-order valence-electron chi connectivity index (χ1n) is 4.72. The van der Waals surface area contributed by atoms with Crippen molar-refractivity contribution in [2.24, 2.45) is 5.92 Å². The Morgan fingerprint density at radius 2 is 2.06 bits per heavy atom. The Balaban J connectivity index is 0.00000225. The van der Waals surface area contributed by atoms with Crippen LogP contribution in [0.25, 0.3) is 0 Å². The lowest BCUT2D eigenvalue weighted by atomic mass is 10.1. The van der Waals surface area contributed by atoms with E-state index in [1.807, 2.05) is 19.2 Å². The van der Waals surface area contributed by atoms with Crippen LogP contribution >= 0.6 is 11.3 Å². The number of rotatable bonds is 3. The van der Waals surface area contributed by atoms with Gasteiger partial charge in [0.05, 0.1) is 4.88 Å². The number of hydrogen-bond acceptors (Lipinski definition) is 3. The fourth-order valence-electron chi connectivity index (χ4n) is 1.02. The number of hydrazine groups is 1. The third-order valence-corrected chi connectivity index (χ3v) is 2.52. The maximum Gasteiger partial charge on any atom is 0.279 e. The van der Waals surface area contributed by atoms with E-state index in [-0.39, 0.29) is 23.2 Å². The summed E-state index contributed by atoms with van der Waals surface area (Å²) < 4.78 is 0. The molecule has 1 heterocycles. The summed E-state index contributed by atoms with van der Waals surface area (Å²) in [5.74, 6) is -0.166. The van der Waals surface area contributed by atoms with Crippen molar-refractivity contribution in [3.8, 4) is 0 Å². The van der Waals surface area contributed by atoms with Crippen LogP contribution in [0.15, 0.2) is 17.5 Å². The van der Waals surface area contributed by atoms with Crippen LogP contribution in [0.1, 0.15) is 29.9 Å². The fourth-order valence-corrected chi connectivity index (χ4v) is 1.64. The van der Waals surface area contributed by atoms with E-state index < -0.39 is 0 Å². The summed E-state index contributed by atoms with van der Waals surface area (Å²) in [4.78, 5) is 23.2. The lowest BCUT2D eigenvalue weighted by molar-refractivity contribution is -0.122. The molecule has 6 heteroatoms. The highest BCUT2D eigenvalue weighted by atomic mass is 32.1. The third-order valence-electron chi connectivity index (χ3n) is 1.65. The molecule has 90 valence electrons. The molecule has 0 spiro atoms. The Hall–Kier alpha value is -1.40. The largest absolute Gasteiger partial charge is 0.412 e. The number of thiophene rings is 1. The van der Waals surface area contributed by atoms with Gasteiger partial charge in [-0.1, -0.05) is 19.9 Å². The average molecular weight is 244 g/mol. The Bertz CT molecular complexity index is 336. The van der Waals surface area contributed by atoms with Crippen LogP contribution in [0.2, 0.25) is 0 Å². The van der Waals surface area contributed by atoms with Gasteiger partial charge in [-0.3, -0.25) is 20.4 Å². The minimum absolute atomic E-state index is 0. The topological polar surface area (TPSA) is 89.7 Å². The summed E-state index contributed by atoms with van der Waals surface area (Å²) in [5.41, 5.74) is 4.73. The number of carbonyl (C=O) groups is 2. The van der Waals surface area contributed by atoms with Gasteiger partial charge in [0.15, 0.2) is 0 Å². The molecule has 0 fully saturated rings. The Morgan fingerprint density at radius 3 is 2.56 bits per heavy atom. The second-order valence-corrected chi connectivity index (χ2v) is 4.53. The molecule has 0 aromatic carbocycles. The predicted molar refractivity (Wildman–Crippen MR) is 63.0 cm³/mol. The zero-order valence-corrected chi connectivity index (χ0v) is 10.1. The molecule has 0 aliphatic carbocycles. The van der Waals surface area contributed by atoms with Crippen LogP contribution < -0.4 is 10.9 Å². The van der Waals surface area contributed by atoms with E-state index in [1.165, 1.54) is 11.3 Å². The Labute approximate surface area is 98.1 Å². The molecular formula is C10H16N2O3S. The highest BCUT2D eigenvalue weighted by Crippen LogP contribution is 2.07. The van der Waals surface area contributed by atoms with Crippen LogP contribution in [0.5, 0.6) is 0 Å². The van der Waals surface area contributed by atoms with Gasteiger partial charge < -0.3 is 5.48 Å². The molecule has 0 aliphatic rings. The molecule has 2 amide bonds. The summed E-state index contributed by atoms with van der Waals surface area (Å²) >= 11 is 1.33. The molecule has 0 bridgehead atoms. The molecule has 1 rings (SSSR count). The van der Waals surface area contributed by atoms with Gasteiger partial charge in [0, 0.05) is 6.42 Å². The fraction of sp³-hybridized carbons (Fsp3) is 0.400. The second kappa shape index (κ2) is 6.97.